The van der Waals surface area contributed by atoms with E-state index in [1.807, 2.05) is 27.0 Å². The summed E-state index contributed by atoms with van der Waals surface area (Å²) < 4.78 is 5.67. The lowest BCUT2D eigenvalue weighted by atomic mass is 10.2. The van der Waals surface area contributed by atoms with Gasteiger partial charge in [-0.25, -0.2) is 4.98 Å². The van der Waals surface area contributed by atoms with Crippen LogP contribution in [-0.4, -0.2) is 35.3 Å². The van der Waals surface area contributed by atoms with Gasteiger partial charge in [-0.1, -0.05) is 13.8 Å². The molecule has 17 heavy (non-hydrogen) atoms. The molecule has 1 aromatic heterocycles. The van der Waals surface area contributed by atoms with Crippen LogP contribution in [0.4, 0.5) is 5.82 Å². The fourth-order valence-electron chi connectivity index (χ4n) is 1.91. The zero-order chi connectivity index (χ0) is 12.8. The third kappa shape index (κ3) is 3.97. The van der Waals surface area contributed by atoms with E-state index in [1.54, 1.807) is 6.20 Å². The molecule has 0 spiro atoms. The highest BCUT2D eigenvalue weighted by molar-refractivity contribution is 5.36. The van der Waals surface area contributed by atoms with Gasteiger partial charge in [-0.15, -0.1) is 0 Å². The van der Waals surface area contributed by atoms with Gasteiger partial charge in [-0.05, 0) is 20.8 Å². The summed E-state index contributed by atoms with van der Waals surface area (Å²) in [6.45, 7) is 11.9. The Balaban J connectivity index is 0.000000686. The quantitative estimate of drug-likeness (QED) is 0.752. The molecule has 2 atom stereocenters. The summed E-state index contributed by atoms with van der Waals surface area (Å²) in [7, 11) is 0. The van der Waals surface area contributed by atoms with Crippen LogP contribution in [0, 0.1) is 6.92 Å². The van der Waals surface area contributed by atoms with E-state index in [-0.39, 0.29) is 12.2 Å². The fraction of sp³-hybridized carbons (Fsp3) is 0.692. The lowest BCUT2D eigenvalue weighted by Gasteiger charge is -2.35. The fourth-order valence-corrected chi connectivity index (χ4v) is 1.91. The normalized spacial score (nSPS) is 23.9. The van der Waals surface area contributed by atoms with Gasteiger partial charge in [0.1, 0.15) is 5.82 Å². The van der Waals surface area contributed by atoms with Crippen LogP contribution in [0.15, 0.2) is 12.4 Å². The van der Waals surface area contributed by atoms with Crippen LogP contribution in [0.1, 0.15) is 33.4 Å². The van der Waals surface area contributed by atoms with Crippen LogP contribution < -0.4 is 4.90 Å². The van der Waals surface area contributed by atoms with Gasteiger partial charge in [-0.3, -0.25) is 4.98 Å². The van der Waals surface area contributed by atoms with Crippen molar-refractivity contribution in [3.63, 3.8) is 0 Å². The zero-order valence-electron chi connectivity index (χ0n) is 11.5. The molecule has 1 aliphatic rings. The second-order valence-electron chi connectivity index (χ2n) is 4.18. The van der Waals surface area contributed by atoms with E-state index in [2.05, 4.69) is 28.7 Å². The van der Waals surface area contributed by atoms with E-state index in [9.17, 15) is 0 Å². The van der Waals surface area contributed by atoms with Gasteiger partial charge >= 0.3 is 0 Å². The van der Waals surface area contributed by atoms with Gasteiger partial charge in [0.05, 0.1) is 30.3 Å². The van der Waals surface area contributed by atoms with Crippen molar-refractivity contribution in [2.24, 2.45) is 0 Å². The van der Waals surface area contributed by atoms with E-state index < -0.39 is 0 Å². The molecule has 2 rings (SSSR count). The number of hydrogen-bond donors (Lipinski definition) is 0. The van der Waals surface area contributed by atoms with Crippen molar-refractivity contribution in [1.29, 1.82) is 0 Å². The Labute approximate surface area is 104 Å². The Bertz CT molecular complexity index is 316. The minimum absolute atomic E-state index is 0.261. The lowest BCUT2D eigenvalue weighted by Crippen LogP contribution is -2.45. The molecule has 4 heteroatoms. The molecule has 0 radical (unpaired) electrons. The number of anilines is 1. The number of nitrogens with zero attached hydrogens (tertiary/aromatic N) is 3. The molecule has 4 nitrogen and oxygen atoms in total. The Kier molecular flexibility index (Phi) is 5.35. The van der Waals surface area contributed by atoms with Gasteiger partial charge in [0.15, 0.2) is 0 Å². The molecule has 0 amide bonds. The van der Waals surface area contributed by atoms with E-state index >= 15 is 0 Å². The molecule has 1 fully saturated rings. The summed E-state index contributed by atoms with van der Waals surface area (Å²) >= 11 is 0. The molecule has 96 valence electrons. The highest BCUT2D eigenvalue weighted by atomic mass is 16.5. The Morgan fingerprint density at radius 3 is 2.18 bits per heavy atom. The molecule has 0 unspecified atom stereocenters. The molecular formula is C13H23N3O. The first-order valence-electron chi connectivity index (χ1n) is 6.34. The van der Waals surface area contributed by atoms with Gasteiger partial charge in [0.2, 0.25) is 0 Å². The molecule has 0 N–H and O–H groups in total. The van der Waals surface area contributed by atoms with Crippen molar-refractivity contribution in [2.45, 2.75) is 46.8 Å². The minimum Gasteiger partial charge on any atom is -0.372 e. The summed E-state index contributed by atoms with van der Waals surface area (Å²) in [6.07, 6.45) is 4.16. The first kappa shape index (κ1) is 13.9. The van der Waals surface area contributed by atoms with Crippen molar-refractivity contribution >= 4 is 5.82 Å². The topological polar surface area (TPSA) is 38.2 Å². The third-order valence-corrected chi connectivity index (χ3v) is 2.51. The number of rotatable bonds is 1. The van der Waals surface area contributed by atoms with Crippen LogP contribution in [-0.2, 0) is 4.74 Å². The van der Waals surface area contributed by atoms with Crippen LogP contribution in [0.3, 0.4) is 0 Å². The minimum atomic E-state index is 0.261. The smallest absolute Gasteiger partial charge is 0.147 e. The summed E-state index contributed by atoms with van der Waals surface area (Å²) in [5.41, 5.74) is 0.952. The van der Waals surface area contributed by atoms with Gasteiger partial charge in [0, 0.05) is 13.1 Å². The maximum atomic E-state index is 5.67. The monoisotopic (exact) mass is 237 g/mol. The first-order valence-corrected chi connectivity index (χ1v) is 6.34. The molecular weight excluding hydrogens is 214 g/mol. The summed E-state index contributed by atoms with van der Waals surface area (Å²) in [5.74, 6) is 0.947. The molecule has 0 aromatic carbocycles. The standard InChI is InChI=1S/C11H17N3O.C2H6/c1-8-4-13-11(5-12-8)14-6-9(2)15-10(3)7-14;1-2/h4-5,9-10H,6-7H2,1-3H3;1-2H3/t9-,10+;. The molecule has 0 saturated carbocycles. The maximum absolute atomic E-state index is 5.67. The first-order chi connectivity index (χ1) is 8.15. The lowest BCUT2D eigenvalue weighted by molar-refractivity contribution is -0.00547. The van der Waals surface area contributed by atoms with Gasteiger partial charge in [-0.2, -0.15) is 0 Å². The number of ether oxygens (including phenoxy) is 1. The van der Waals surface area contributed by atoms with Crippen molar-refractivity contribution in [1.82, 2.24) is 9.97 Å². The predicted octanol–water partition coefficient (Wildman–Crippen LogP) is 2.42. The highest BCUT2D eigenvalue weighted by Crippen LogP contribution is 2.16. The largest absolute Gasteiger partial charge is 0.372 e. The number of hydrogen-bond acceptors (Lipinski definition) is 4. The van der Waals surface area contributed by atoms with Gasteiger partial charge < -0.3 is 9.64 Å². The molecule has 1 saturated heterocycles. The number of aryl methyl sites for hydroxylation is 1. The van der Waals surface area contributed by atoms with E-state index in [1.165, 1.54) is 0 Å². The van der Waals surface area contributed by atoms with E-state index in [4.69, 9.17) is 4.74 Å². The zero-order valence-corrected chi connectivity index (χ0v) is 11.5. The predicted molar refractivity (Wildman–Crippen MR) is 70.3 cm³/mol. The van der Waals surface area contributed by atoms with Crippen molar-refractivity contribution < 1.29 is 4.74 Å². The average molecular weight is 237 g/mol. The SMILES string of the molecule is CC.Cc1cnc(N2C[C@@H](C)O[C@@H](C)C2)cn1. The third-order valence-electron chi connectivity index (χ3n) is 2.51. The van der Waals surface area contributed by atoms with Crippen molar-refractivity contribution in [3.05, 3.63) is 18.1 Å². The molecule has 0 bridgehead atoms. The maximum Gasteiger partial charge on any atom is 0.147 e. The summed E-state index contributed by atoms with van der Waals surface area (Å²) in [5, 5.41) is 0. The number of aromatic nitrogens is 2. The van der Waals surface area contributed by atoms with Crippen molar-refractivity contribution in [2.75, 3.05) is 18.0 Å². The van der Waals surface area contributed by atoms with Crippen molar-refractivity contribution in [3.8, 4) is 0 Å². The molecule has 1 aliphatic heterocycles. The molecule has 1 aromatic rings. The van der Waals surface area contributed by atoms with Crippen LogP contribution >= 0.6 is 0 Å². The summed E-state index contributed by atoms with van der Waals surface area (Å²) in [4.78, 5) is 10.9. The average Bonchev–Trinajstić information content (AvgIpc) is 2.31. The van der Waals surface area contributed by atoms with E-state index in [0.29, 0.717) is 0 Å². The number of morpholine rings is 1. The molecule has 0 aliphatic carbocycles. The van der Waals surface area contributed by atoms with Gasteiger partial charge in [0.25, 0.3) is 0 Å². The van der Waals surface area contributed by atoms with Crippen LogP contribution in [0.5, 0.6) is 0 Å². The van der Waals surface area contributed by atoms with Crippen LogP contribution in [0.2, 0.25) is 0 Å². The van der Waals surface area contributed by atoms with Crippen LogP contribution in [0.25, 0.3) is 0 Å². The second kappa shape index (κ2) is 6.55. The summed E-state index contributed by atoms with van der Waals surface area (Å²) in [6, 6.07) is 0. The Morgan fingerprint density at radius 2 is 1.71 bits per heavy atom. The highest BCUT2D eigenvalue weighted by Gasteiger charge is 2.22. The van der Waals surface area contributed by atoms with E-state index in [0.717, 1.165) is 24.6 Å². The molecule has 2 heterocycles. The Hall–Kier alpha value is -1.16. The second-order valence-corrected chi connectivity index (χ2v) is 4.18. The Morgan fingerprint density at radius 1 is 1.12 bits per heavy atom.